The smallest absolute Gasteiger partial charge is 0.338 e. The van der Waals surface area contributed by atoms with E-state index in [1.54, 1.807) is 67.3 Å². The Morgan fingerprint density at radius 2 is 1.67 bits per heavy atom. The fourth-order valence-electron chi connectivity index (χ4n) is 4.10. The molecule has 10 heteroatoms. The van der Waals surface area contributed by atoms with E-state index in [2.05, 4.69) is 16.0 Å². The molecule has 1 unspecified atom stereocenters. The first-order valence-corrected chi connectivity index (χ1v) is 13.1. The van der Waals surface area contributed by atoms with Gasteiger partial charge in [0.2, 0.25) is 0 Å². The van der Waals surface area contributed by atoms with Crippen LogP contribution < -0.4 is 16.0 Å². The first-order valence-electron chi connectivity index (χ1n) is 13.1. The number of hydrogen-bond donors (Lipinski definition) is 3. The molecule has 0 spiro atoms. The van der Waals surface area contributed by atoms with Gasteiger partial charge in [-0.1, -0.05) is 32.9 Å². The predicted molar refractivity (Wildman–Crippen MR) is 148 cm³/mol. The van der Waals surface area contributed by atoms with E-state index in [9.17, 15) is 19.2 Å². The molecule has 3 N–H and O–H groups in total. The van der Waals surface area contributed by atoms with Gasteiger partial charge in [0.1, 0.15) is 0 Å². The Morgan fingerprint density at radius 1 is 0.974 bits per heavy atom. The molecule has 1 aliphatic rings. The van der Waals surface area contributed by atoms with Crippen LogP contribution in [-0.4, -0.2) is 48.7 Å². The number of carbonyl (C=O) groups excluding carboxylic acids is 4. The molecular formula is C29H36N4O6. The molecule has 3 rings (SSSR count). The summed E-state index contributed by atoms with van der Waals surface area (Å²) in [5, 5.41) is 8.40. The van der Waals surface area contributed by atoms with Crippen LogP contribution in [0.25, 0.3) is 0 Å². The van der Waals surface area contributed by atoms with Crippen LogP contribution in [0.3, 0.4) is 0 Å². The monoisotopic (exact) mass is 536 g/mol. The summed E-state index contributed by atoms with van der Waals surface area (Å²) in [6.07, 6.45) is 0.726. The number of carbonyl (C=O) groups is 4. The summed E-state index contributed by atoms with van der Waals surface area (Å²) in [6.45, 7) is 10.3. The maximum absolute atomic E-state index is 13.2. The molecule has 0 radical (unpaired) electrons. The van der Waals surface area contributed by atoms with E-state index in [0.29, 0.717) is 40.3 Å². The quantitative estimate of drug-likeness (QED) is 0.346. The number of nitrogens with one attached hydrogen (secondary N) is 3. The average Bonchev–Trinajstić information content (AvgIpc) is 2.90. The lowest BCUT2D eigenvalue weighted by Gasteiger charge is -2.35. The number of esters is 2. The van der Waals surface area contributed by atoms with Crippen molar-refractivity contribution < 1.29 is 28.7 Å². The highest BCUT2D eigenvalue weighted by Crippen LogP contribution is 2.32. The van der Waals surface area contributed by atoms with Gasteiger partial charge in [0.25, 0.3) is 0 Å². The zero-order valence-electron chi connectivity index (χ0n) is 23.0. The number of allylic oxidation sites excluding steroid dienone is 1. The summed E-state index contributed by atoms with van der Waals surface area (Å²) in [5.74, 6) is -0.769. The SMILES string of the molecule is CCCN1C(=O)NC(c2cccc(NC(=O)Nc3ccc(C(=O)OCC)cc3)c2)C(C(=O)OCC(C)C)=C1C. The van der Waals surface area contributed by atoms with Gasteiger partial charge in [0.05, 0.1) is 30.4 Å². The predicted octanol–water partition coefficient (Wildman–Crippen LogP) is 5.46. The molecule has 1 heterocycles. The molecule has 0 saturated carbocycles. The van der Waals surface area contributed by atoms with Gasteiger partial charge >= 0.3 is 24.0 Å². The summed E-state index contributed by atoms with van der Waals surface area (Å²) >= 11 is 0. The first-order chi connectivity index (χ1) is 18.6. The number of benzene rings is 2. The number of rotatable bonds is 10. The molecule has 0 fully saturated rings. The molecule has 4 amide bonds. The van der Waals surface area contributed by atoms with Crippen molar-refractivity contribution >= 4 is 35.4 Å². The third-order valence-electron chi connectivity index (χ3n) is 5.94. The molecule has 2 aromatic rings. The summed E-state index contributed by atoms with van der Waals surface area (Å²) in [4.78, 5) is 52.1. The second-order valence-electron chi connectivity index (χ2n) is 9.53. The van der Waals surface area contributed by atoms with Crippen LogP contribution >= 0.6 is 0 Å². The minimum absolute atomic E-state index is 0.158. The van der Waals surface area contributed by atoms with E-state index in [1.165, 1.54) is 0 Å². The van der Waals surface area contributed by atoms with Gasteiger partial charge < -0.3 is 25.4 Å². The van der Waals surface area contributed by atoms with Crippen LogP contribution in [0.5, 0.6) is 0 Å². The van der Waals surface area contributed by atoms with Gasteiger partial charge in [-0.15, -0.1) is 0 Å². The Morgan fingerprint density at radius 3 is 2.31 bits per heavy atom. The molecule has 0 aromatic heterocycles. The molecule has 0 aliphatic carbocycles. The van der Waals surface area contributed by atoms with Gasteiger partial charge in [-0.2, -0.15) is 0 Å². The molecule has 1 aliphatic heterocycles. The second-order valence-corrected chi connectivity index (χ2v) is 9.53. The molecule has 2 aromatic carbocycles. The van der Waals surface area contributed by atoms with E-state index in [1.807, 2.05) is 20.8 Å². The molecule has 39 heavy (non-hydrogen) atoms. The van der Waals surface area contributed by atoms with Crippen molar-refractivity contribution in [1.82, 2.24) is 10.2 Å². The third-order valence-corrected chi connectivity index (χ3v) is 5.94. The lowest BCUT2D eigenvalue weighted by atomic mass is 9.94. The molecule has 208 valence electrons. The number of hydrogen-bond acceptors (Lipinski definition) is 6. The van der Waals surface area contributed by atoms with Crippen LogP contribution in [-0.2, 0) is 14.3 Å². The summed E-state index contributed by atoms with van der Waals surface area (Å²) in [6, 6.07) is 11.7. The van der Waals surface area contributed by atoms with Crippen LogP contribution in [0.15, 0.2) is 59.8 Å². The van der Waals surface area contributed by atoms with Gasteiger partial charge in [-0.05, 0) is 68.1 Å². The van der Waals surface area contributed by atoms with Crippen LogP contribution in [0.2, 0.25) is 0 Å². The summed E-state index contributed by atoms with van der Waals surface area (Å²) < 4.78 is 10.5. The number of urea groups is 2. The maximum Gasteiger partial charge on any atom is 0.338 e. The Bertz CT molecular complexity index is 1240. The highest BCUT2D eigenvalue weighted by Gasteiger charge is 2.36. The van der Waals surface area contributed by atoms with Gasteiger partial charge in [0, 0.05) is 23.6 Å². The van der Waals surface area contributed by atoms with E-state index < -0.39 is 24.0 Å². The van der Waals surface area contributed by atoms with E-state index in [4.69, 9.17) is 9.47 Å². The first kappa shape index (κ1) is 29.2. The lowest BCUT2D eigenvalue weighted by molar-refractivity contribution is -0.140. The summed E-state index contributed by atoms with van der Waals surface area (Å²) in [5.41, 5.74) is 2.85. The number of nitrogens with zero attached hydrogens (tertiary/aromatic N) is 1. The maximum atomic E-state index is 13.2. The Hall–Kier alpha value is -4.34. The van der Waals surface area contributed by atoms with Gasteiger partial charge in [-0.3, -0.25) is 4.90 Å². The van der Waals surface area contributed by atoms with Crippen LogP contribution in [0.1, 0.15) is 63.0 Å². The standard InChI is InChI=1S/C29H36N4O6/c1-6-15-33-19(5)24(27(35)39-17-18(3)4)25(32-29(33)37)21-9-8-10-23(16-21)31-28(36)30-22-13-11-20(12-14-22)26(34)38-7-2/h8-14,16,18,25H,6-7,15,17H2,1-5H3,(H,32,37)(H2,30,31,36). The average molecular weight is 537 g/mol. The van der Waals surface area contributed by atoms with Crippen molar-refractivity contribution in [1.29, 1.82) is 0 Å². The summed E-state index contributed by atoms with van der Waals surface area (Å²) in [7, 11) is 0. The van der Waals surface area contributed by atoms with E-state index in [-0.39, 0.29) is 25.2 Å². The van der Waals surface area contributed by atoms with Crippen molar-refractivity contribution in [2.45, 2.75) is 47.1 Å². The normalized spacial score (nSPS) is 15.1. The third kappa shape index (κ3) is 7.59. The number of anilines is 2. The number of ether oxygens (including phenoxy) is 2. The molecule has 10 nitrogen and oxygen atoms in total. The minimum Gasteiger partial charge on any atom is -0.462 e. The number of amides is 4. The fraction of sp³-hybridized carbons (Fsp3) is 0.379. The topological polar surface area (TPSA) is 126 Å². The molecular weight excluding hydrogens is 500 g/mol. The van der Waals surface area contributed by atoms with E-state index in [0.717, 1.165) is 6.42 Å². The van der Waals surface area contributed by atoms with Crippen molar-refractivity contribution in [2.24, 2.45) is 5.92 Å². The second kappa shape index (κ2) is 13.5. The molecule has 1 atom stereocenters. The fourth-order valence-corrected chi connectivity index (χ4v) is 4.10. The van der Waals surface area contributed by atoms with Gasteiger partial charge in [0.15, 0.2) is 0 Å². The largest absolute Gasteiger partial charge is 0.462 e. The molecule has 0 bridgehead atoms. The Kier molecular flexibility index (Phi) is 10.1. The highest BCUT2D eigenvalue weighted by molar-refractivity contribution is 6.00. The minimum atomic E-state index is -0.745. The van der Waals surface area contributed by atoms with Crippen LogP contribution in [0, 0.1) is 5.92 Å². The van der Waals surface area contributed by atoms with Crippen LogP contribution in [0.4, 0.5) is 21.0 Å². The lowest BCUT2D eigenvalue weighted by Crippen LogP contribution is -2.48. The zero-order valence-corrected chi connectivity index (χ0v) is 23.0. The molecule has 0 saturated heterocycles. The zero-order chi connectivity index (χ0) is 28.5. The van der Waals surface area contributed by atoms with Crippen molar-refractivity contribution in [3.63, 3.8) is 0 Å². The van der Waals surface area contributed by atoms with Gasteiger partial charge in [-0.25, -0.2) is 19.2 Å². The Labute approximate surface area is 228 Å². The van der Waals surface area contributed by atoms with Crippen molar-refractivity contribution in [3.05, 3.63) is 70.9 Å². The van der Waals surface area contributed by atoms with E-state index >= 15 is 0 Å². The highest BCUT2D eigenvalue weighted by atomic mass is 16.5. The van der Waals surface area contributed by atoms with Crippen molar-refractivity contribution in [3.8, 4) is 0 Å². The Balaban J connectivity index is 1.79. The van der Waals surface area contributed by atoms with Crippen molar-refractivity contribution in [2.75, 3.05) is 30.4 Å².